The number of phenolic OH excluding ortho intramolecular Hbond substituents is 1. The zero-order chi connectivity index (χ0) is 30.7. The van der Waals surface area contributed by atoms with Crippen LogP contribution < -0.4 is 5.32 Å². The van der Waals surface area contributed by atoms with Gasteiger partial charge in [0.25, 0.3) is 11.8 Å². The van der Waals surface area contributed by atoms with Crippen molar-refractivity contribution in [3.05, 3.63) is 99.4 Å². The smallest absolute Gasteiger partial charge is 0.254 e. The summed E-state index contributed by atoms with van der Waals surface area (Å²) < 4.78 is 1.08. The van der Waals surface area contributed by atoms with Crippen LogP contribution in [-0.2, 0) is 22.6 Å². The van der Waals surface area contributed by atoms with E-state index >= 15 is 0 Å². The van der Waals surface area contributed by atoms with E-state index in [1.165, 1.54) is 22.7 Å². The third-order valence-corrected chi connectivity index (χ3v) is 10.1. The number of amides is 3. The topological polar surface area (TPSA) is 110 Å². The molecule has 1 aromatic heterocycles. The number of rotatable bonds is 8. The van der Waals surface area contributed by atoms with E-state index in [0.29, 0.717) is 17.1 Å². The van der Waals surface area contributed by atoms with Gasteiger partial charge in [-0.2, -0.15) is 0 Å². The van der Waals surface area contributed by atoms with Crippen molar-refractivity contribution in [2.24, 2.45) is 0 Å². The van der Waals surface area contributed by atoms with E-state index in [4.69, 9.17) is 11.6 Å². The number of thiophene rings is 1. The summed E-state index contributed by atoms with van der Waals surface area (Å²) in [6.07, 6.45) is -1.43. The molecule has 5 rings (SSSR count). The van der Waals surface area contributed by atoms with E-state index in [1.807, 2.05) is 60.8 Å². The summed E-state index contributed by atoms with van der Waals surface area (Å²) in [7, 11) is 0. The van der Waals surface area contributed by atoms with Gasteiger partial charge >= 0.3 is 0 Å². The van der Waals surface area contributed by atoms with Gasteiger partial charge in [0.15, 0.2) is 6.10 Å². The number of nitrogens with zero attached hydrogens (tertiary/aromatic N) is 2. The minimum absolute atomic E-state index is 0.0267. The second kappa shape index (κ2) is 13.4. The summed E-state index contributed by atoms with van der Waals surface area (Å²) in [6.45, 7) is 3.71. The van der Waals surface area contributed by atoms with Gasteiger partial charge in [0.1, 0.15) is 12.3 Å². The number of carbonyl (C=O) groups excluding carboxylic acids is 3. The molecule has 11 heteroatoms. The Kier molecular flexibility index (Phi) is 9.61. The Bertz CT molecular complexity index is 1650. The molecule has 3 aromatic carbocycles. The first-order valence-electron chi connectivity index (χ1n) is 13.8. The minimum Gasteiger partial charge on any atom is -0.508 e. The van der Waals surface area contributed by atoms with Gasteiger partial charge in [-0.05, 0) is 72.5 Å². The molecule has 43 heavy (non-hydrogen) atoms. The summed E-state index contributed by atoms with van der Waals surface area (Å²) in [5, 5.41) is 27.7. The highest BCUT2D eigenvalue weighted by Gasteiger charge is 2.36. The average Bonchev–Trinajstić information content (AvgIpc) is 3.33. The molecule has 2 heterocycles. The summed E-state index contributed by atoms with van der Waals surface area (Å²) in [5.74, 6) is -1.23. The summed E-state index contributed by atoms with van der Waals surface area (Å²) in [4.78, 5) is 43.5. The van der Waals surface area contributed by atoms with Gasteiger partial charge < -0.3 is 25.3 Å². The first-order valence-corrected chi connectivity index (χ1v) is 16.1. The van der Waals surface area contributed by atoms with Crippen LogP contribution in [0.5, 0.6) is 5.75 Å². The molecule has 8 nitrogen and oxygen atoms in total. The number of phenols is 1. The number of hydrogen-bond acceptors (Lipinski definition) is 7. The Morgan fingerprint density at radius 1 is 1.12 bits per heavy atom. The Labute approximate surface area is 263 Å². The largest absolute Gasteiger partial charge is 0.508 e. The first kappa shape index (κ1) is 30.9. The fraction of sp³-hybridized carbons (Fsp3) is 0.281. The minimum atomic E-state index is -1.61. The molecule has 0 radical (unpaired) electrons. The molecule has 4 aromatic rings. The Balaban J connectivity index is 1.33. The molecule has 224 valence electrons. The van der Waals surface area contributed by atoms with Crippen molar-refractivity contribution in [2.45, 2.75) is 44.3 Å². The molecule has 1 unspecified atom stereocenters. The molecule has 0 spiro atoms. The van der Waals surface area contributed by atoms with Crippen molar-refractivity contribution in [1.29, 1.82) is 0 Å². The van der Waals surface area contributed by atoms with Crippen LogP contribution in [0.15, 0.2) is 72.1 Å². The third kappa shape index (κ3) is 6.99. The van der Waals surface area contributed by atoms with Gasteiger partial charge in [0, 0.05) is 27.4 Å². The molecule has 1 fully saturated rings. The number of carbonyl (C=O) groups is 3. The van der Waals surface area contributed by atoms with E-state index in [-0.39, 0.29) is 41.4 Å². The van der Waals surface area contributed by atoms with Crippen molar-refractivity contribution in [2.75, 3.05) is 12.4 Å². The monoisotopic (exact) mass is 637 g/mol. The van der Waals surface area contributed by atoms with E-state index in [0.717, 1.165) is 21.2 Å². The van der Waals surface area contributed by atoms with Crippen LogP contribution >= 0.6 is 34.7 Å². The summed E-state index contributed by atoms with van der Waals surface area (Å²) in [6, 6.07) is 18.6. The fourth-order valence-electron chi connectivity index (χ4n) is 5.09. The number of aliphatic hydroxyl groups excluding tert-OH is 1. The van der Waals surface area contributed by atoms with Crippen LogP contribution in [0.25, 0.3) is 10.1 Å². The third-order valence-electron chi connectivity index (χ3n) is 7.62. The molecule has 3 N–H and O–H groups in total. The maximum Gasteiger partial charge on any atom is 0.254 e. The number of halogens is 1. The summed E-state index contributed by atoms with van der Waals surface area (Å²) in [5.41, 5.74) is 2.43. The van der Waals surface area contributed by atoms with Gasteiger partial charge in [0.05, 0.1) is 17.3 Å². The molecule has 3 amide bonds. The lowest BCUT2D eigenvalue weighted by molar-refractivity contribution is -0.145. The van der Waals surface area contributed by atoms with Crippen LogP contribution in [0.1, 0.15) is 34.0 Å². The Morgan fingerprint density at radius 2 is 1.88 bits per heavy atom. The standard InChI is InChI=1S/C32H32ClN3O5S2/c1-19-24(9-6-10-27(19)37)31(40)34-26(13-21-7-4-3-5-8-21)30(39)32(41)35-16-29(38)36(20(2)43-18-35)15-22-17-42-28-12-11-23(33)14-25(22)28/h3-12,14,17,20,26,30,37,39H,13,15-16,18H2,1-2H3,(H,34,40)/t20?,26-,30-/m0/s1. The Hall–Kier alpha value is -3.57. The maximum absolute atomic E-state index is 13.7. The predicted molar refractivity (Wildman–Crippen MR) is 171 cm³/mol. The zero-order valence-corrected chi connectivity index (χ0v) is 26.1. The van der Waals surface area contributed by atoms with Gasteiger partial charge in [-0.25, -0.2) is 0 Å². The molecule has 0 aliphatic carbocycles. The first-order chi connectivity index (χ1) is 20.6. The van der Waals surface area contributed by atoms with Gasteiger partial charge in [-0.15, -0.1) is 23.1 Å². The van der Waals surface area contributed by atoms with Crippen molar-refractivity contribution in [3.8, 4) is 5.75 Å². The fourth-order valence-corrected chi connectivity index (χ4v) is 7.19. The molecule has 3 atom stereocenters. The lowest BCUT2D eigenvalue weighted by Gasteiger charge is -2.28. The predicted octanol–water partition coefficient (Wildman–Crippen LogP) is 5.18. The lowest BCUT2D eigenvalue weighted by Crippen LogP contribution is -2.53. The van der Waals surface area contributed by atoms with E-state index in [9.17, 15) is 24.6 Å². The van der Waals surface area contributed by atoms with E-state index in [1.54, 1.807) is 35.3 Å². The SMILES string of the molecule is Cc1c(O)cccc1C(=O)N[C@@H](Cc1ccccc1)[C@H](O)C(=O)N1CSC(C)N(Cc2csc3ccc(Cl)cc23)C(=O)C1. The number of aliphatic hydroxyl groups is 1. The highest BCUT2D eigenvalue weighted by molar-refractivity contribution is 7.99. The van der Waals surface area contributed by atoms with Crippen LogP contribution in [0.4, 0.5) is 0 Å². The van der Waals surface area contributed by atoms with Crippen molar-refractivity contribution < 1.29 is 24.6 Å². The number of fused-ring (bicyclic) bond motifs is 1. The molecule has 0 bridgehead atoms. The number of aromatic hydroxyl groups is 1. The van der Waals surface area contributed by atoms with Crippen LogP contribution in [0, 0.1) is 6.92 Å². The molecule has 1 aliphatic rings. The van der Waals surface area contributed by atoms with Crippen LogP contribution in [-0.4, -0.2) is 67.7 Å². The van der Waals surface area contributed by atoms with Gasteiger partial charge in [0.2, 0.25) is 5.91 Å². The van der Waals surface area contributed by atoms with E-state index in [2.05, 4.69) is 5.32 Å². The van der Waals surface area contributed by atoms with Gasteiger partial charge in [-0.1, -0.05) is 48.0 Å². The zero-order valence-electron chi connectivity index (χ0n) is 23.7. The Morgan fingerprint density at radius 3 is 2.65 bits per heavy atom. The van der Waals surface area contributed by atoms with Gasteiger partial charge in [-0.3, -0.25) is 14.4 Å². The quantitative estimate of drug-likeness (QED) is 0.246. The lowest BCUT2D eigenvalue weighted by atomic mass is 9.99. The molecular weight excluding hydrogens is 606 g/mol. The average molecular weight is 638 g/mol. The normalized spacial score (nSPS) is 17.0. The van der Waals surface area contributed by atoms with Crippen molar-refractivity contribution >= 4 is 62.5 Å². The van der Waals surface area contributed by atoms with Crippen molar-refractivity contribution in [3.63, 3.8) is 0 Å². The maximum atomic E-state index is 13.7. The second-order valence-electron chi connectivity index (χ2n) is 10.5. The highest BCUT2D eigenvalue weighted by atomic mass is 35.5. The number of benzene rings is 3. The summed E-state index contributed by atoms with van der Waals surface area (Å²) >= 11 is 9.24. The second-order valence-corrected chi connectivity index (χ2v) is 13.1. The van der Waals surface area contributed by atoms with Crippen LogP contribution in [0.3, 0.4) is 0 Å². The number of nitrogens with one attached hydrogen (secondary N) is 1. The van der Waals surface area contributed by atoms with Crippen LogP contribution in [0.2, 0.25) is 5.02 Å². The number of hydrogen-bond donors (Lipinski definition) is 3. The molecule has 1 saturated heterocycles. The van der Waals surface area contributed by atoms with E-state index < -0.39 is 24.0 Å². The molecular formula is C32H32ClN3O5S2. The molecule has 1 aliphatic heterocycles. The molecule has 0 saturated carbocycles. The highest BCUT2D eigenvalue weighted by Crippen LogP contribution is 2.32. The van der Waals surface area contributed by atoms with Crippen molar-refractivity contribution in [1.82, 2.24) is 15.1 Å². The number of thioether (sulfide) groups is 1.